The van der Waals surface area contributed by atoms with Gasteiger partial charge in [0.25, 0.3) is 0 Å². The maximum absolute atomic E-state index is 10.9. The van der Waals surface area contributed by atoms with E-state index >= 15 is 0 Å². The molecule has 1 aromatic rings. The third-order valence-corrected chi connectivity index (χ3v) is 4.00. The van der Waals surface area contributed by atoms with Gasteiger partial charge in [-0.25, -0.2) is 8.42 Å². The van der Waals surface area contributed by atoms with Gasteiger partial charge in [0, 0.05) is 23.3 Å². The normalized spacial score (nSPS) is 14.0. The standard InChI is InChI=1S/C10H16O3S2/c1-15(12,13)7-3-4-9(11)8-10-5-2-6-14-10/h2,5-6,9,11H,3-4,7-8H2,1H3. The van der Waals surface area contributed by atoms with Crippen molar-refractivity contribution >= 4 is 21.2 Å². The zero-order valence-corrected chi connectivity index (χ0v) is 10.4. The Morgan fingerprint density at radius 1 is 1.53 bits per heavy atom. The first kappa shape index (κ1) is 12.7. The van der Waals surface area contributed by atoms with E-state index in [2.05, 4.69) is 0 Å². The molecule has 0 aliphatic carbocycles. The van der Waals surface area contributed by atoms with Gasteiger partial charge in [-0.3, -0.25) is 0 Å². The summed E-state index contributed by atoms with van der Waals surface area (Å²) in [6.07, 6.45) is 2.50. The van der Waals surface area contributed by atoms with Crippen LogP contribution in [0.5, 0.6) is 0 Å². The van der Waals surface area contributed by atoms with Crippen LogP contribution in [0.15, 0.2) is 17.5 Å². The maximum atomic E-state index is 10.9. The predicted octanol–water partition coefficient (Wildman–Crippen LogP) is 1.48. The fourth-order valence-electron chi connectivity index (χ4n) is 1.34. The molecule has 0 bridgehead atoms. The van der Waals surface area contributed by atoms with Crippen LogP contribution in [-0.2, 0) is 16.3 Å². The highest BCUT2D eigenvalue weighted by molar-refractivity contribution is 7.90. The van der Waals surface area contributed by atoms with Crippen molar-refractivity contribution < 1.29 is 13.5 Å². The number of aliphatic hydroxyl groups is 1. The first-order valence-corrected chi connectivity index (χ1v) is 7.79. The molecular formula is C10H16O3S2. The Bertz CT molecular complexity index is 367. The number of hydrogen-bond acceptors (Lipinski definition) is 4. The lowest BCUT2D eigenvalue weighted by Gasteiger charge is -2.08. The van der Waals surface area contributed by atoms with E-state index in [0.29, 0.717) is 19.3 Å². The molecule has 0 amide bonds. The van der Waals surface area contributed by atoms with Gasteiger partial charge in [0.05, 0.1) is 6.10 Å². The van der Waals surface area contributed by atoms with E-state index in [9.17, 15) is 13.5 Å². The van der Waals surface area contributed by atoms with E-state index in [1.165, 1.54) is 6.26 Å². The van der Waals surface area contributed by atoms with Crippen LogP contribution in [0.1, 0.15) is 17.7 Å². The Kier molecular flexibility index (Phi) is 4.76. The van der Waals surface area contributed by atoms with Crippen LogP contribution in [0.2, 0.25) is 0 Å². The van der Waals surface area contributed by atoms with Gasteiger partial charge >= 0.3 is 0 Å². The zero-order valence-electron chi connectivity index (χ0n) is 8.72. The van der Waals surface area contributed by atoms with E-state index in [0.717, 1.165) is 4.88 Å². The van der Waals surface area contributed by atoms with Crippen molar-refractivity contribution in [3.63, 3.8) is 0 Å². The molecule has 1 aromatic heterocycles. The smallest absolute Gasteiger partial charge is 0.147 e. The molecule has 1 N–H and O–H groups in total. The highest BCUT2D eigenvalue weighted by Gasteiger charge is 2.08. The van der Waals surface area contributed by atoms with Gasteiger partial charge in [-0.2, -0.15) is 0 Å². The second kappa shape index (κ2) is 5.63. The van der Waals surface area contributed by atoms with Crippen molar-refractivity contribution in [1.82, 2.24) is 0 Å². The number of thiophene rings is 1. The third kappa shape index (κ3) is 5.92. The topological polar surface area (TPSA) is 54.4 Å². The minimum atomic E-state index is -2.89. The summed E-state index contributed by atoms with van der Waals surface area (Å²) in [7, 11) is -2.89. The second-order valence-corrected chi connectivity index (χ2v) is 7.00. The third-order valence-electron chi connectivity index (χ3n) is 2.07. The summed E-state index contributed by atoms with van der Waals surface area (Å²) in [4.78, 5) is 1.14. The van der Waals surface area contributed by atoms with Crippen molar-refractivity contribution in [2.24, 2.45) is 0 Å². The quantitative estimate of drug-likeness (QED) is 0.829. The minimum Gasteiger partial charge on any atom is -0.393 e. The molecule has 15 heavy (non-hydrogen) atoms. The van der Waals surface area contributed by atoms with E-state index in [-0.39, 0.29) is 5.75 Å². The lowest BCUT2D eigenvalue weighted by Crippen LogP contribution is -2.12. The van der Waals surface area contributed by atoms with E-state index in [1.54, 1.807) is 11.3 Å². The van der Waals surface area contributed by atoms with Crippen LogP contribution >= 0.6 is 11.3 Å². The van der Waals surface area contributed by atoms with Crippen molar-refractivity contribution in [1.29, 1.82) is 0 Å². The molecule has 3 nitrogen and oxygen atoms in total. The van der Waals surface area contributed by atoms with Crippen LogP contribution in [0.25, 0.3) is 0 Å². The van der Waals surface area contributed by atoms with Gasteiger partial charge in [-0.1, -0.05) is 6.07 Å². The number of aliphatic hydroxyl groups excluding tert-OH is 1. The fourth-order valence-corrected chi connectivity index (χ4v) is 2.81. The summed E-state index contributed by atoms with van der Waals surface area (Å²) in [5.74, 6) is 0.161. The van der Waals surface area contributed by atoms with E-state index in [1.807, 2.05) is 17.5 Å². The molecule has 0 spiro atoms. The van der Waals surface area contributed by atoms with Gasteiger partial charge in [0.15, 0.2) is 0 Å². The molecule has 1 atom stereocenters. The van der Waals surface area contributed by atoms with Gasteiger partial charge in [0.1, 0.15) is 9.84 Å². The van der Waals surface area contributed by atoms with Gasteiger partial charge in [0.2, 0.25) is 0 Å². The molecule has 1 rings (SSSR count). The molecule has 1 unspecified atom stereocenters. The summed E-state index contributed by atoms with van der Waals surface area (Å²) >= 11 is 1.61. The molecule has 0 saturated carbocycles. The molecule has 1 heterocycles. The highest BCUT2D eigenvalue weighted by atomic mass is 32.2. The van der Waals surface area contributed by atoms with E-state index < -0.39 is 15.9 Å². The van der Waals surface area contributed by atoms with Crippen molar-refractivity contribution in [2.75, 3.05) is 12.0 Å². The Morgan fingerprint density at radius 3 is 2.80 bits per heavy atom. The summed E-state index contributed by atoms with van der Waals surface area (Å²) in [6, 6.07) is 3.92. The summed E-state index contributed by atoms with van der Waals surface area (Å²) in [5.41, 5.74) is 0. The summed E-state index contributed by atoms with van der Waals surface area (Å²) in [5, 5.41) is 11.6. The second-order valence-electron chi connectivity index (χ2n) is 3.71. The van der Waals surface area contributed by atoms with Crippen molar-refractivity contribution in [3.8, 4) is 0 Å². The Balaban J connectivity index is 2.22. The monoisotopic (exact) mass is 248 g/mol. The lowest BCUT2D eigenvalue weighted by molar-refractivity contribution is 0.165. The Morgan fingerprint density at radius 2 is 2.27 bits per heavy atom. The number of sulfone groups is 1. The highest BCUT2D eigenvalue weighted by Crippen LogP contribution is 2.13. The Labute approximate surface area is 94.7 Å². The number of rotatable bonds is 6. The zero-order chi connectivity index (χ0) is 11.3. The summed E-state index contributed by atoms with van der Waals surface area (Å²) in [6.45, 7) is 0. The van der Waals surface area contributed by atoms with E-state index in [4.69, 9.17) is 0 Å². The first-order valence-electron chi connectivity index (χ1n) is 4.85. The van der Waals surface area contributed by atoms with Crippen LogP contribution in [0.4, 0.5) is 0 Å². The fraction of sp³-hybridized carbons (Fsp3) is 0.600. The average Bonchev–Trinajstić information content (AvgIpc) is 2.54. The molecule has 0 aromatic carbocycles. The van der Waals surface area contributed by atoms with Gasteiger partial charge in [-0.05, 0) is 24.3 Å². The molecule has 0 aliphatic heterocycles. The van der Waals surface area contributed by atoms with Crippen LogP contribution in [-0.4, -0.2) is 31.6 Å². The molecule has 0 saturated heterocycles. The van der Waals surface area contributed by atoms with Crippen molar-refractivity contribution in [2.45, 2.75) is 25.4 Å². The minimum absolute atomic E-state index is 0.161. The van der Waals surface area contributed by atoms with Crippen LogP contribution < -0.4 is 0 Å². The molecule has 0 aliphatic rings. The maximum Gasteiger partial charge on any atom is 0.147 e. The van der Waals surface area contributed by atoms with Gasteiger partial charge < -0.3 is 5.11 Å². The average molecular weight is 248 g/mol. The SMILES string of the molecule is CS(=O)(=O)CCCC(O)Cc1cccs1. The largest absolute Gasteiger partial charge is 0.393 e. The number of hydrogen-bond donors (Lipinski definition) is 1. The first-order chi connectivity index (χ1) is 6.97. The molecule has 5 heteroatoms. The summed E-state index contributed by atoms with van der Waals surface area (Å²) < 4.78 is 21.7. The van der Waals surface area contributed by atoms with Crippen LogP contribution in [0.3, 0.4) is 0 Å². The van der Waals surface area contributed by atoms with Crippen molar-refractivity contribution in [3.05, 3.63) is 22.4 Å². The lowest BCUT2D eigenvalue weighted by atomic mass is 10.1. The molecular weight excluding hydrogens is 232 g/mol. The van der Waals surface area contributed by atoms with Crippen LogP contribution in [0, 0.1) is 0 Å². The van der Waals surface area contributed by atoms with Gasteiger partial charge in [-0.15, -0.1) is 11.3 Å². The predicted molar refractivity (Wildman–Crippen MR) is 63.0 cm³/mol. The Hall–Kier alpha value is -0.390. The molecule has 0 radical (unpaired) electrons. The molecule has 86 valence electrons. The molecule has 0 fully saturated rings.